The summed E-state index contributed by atoms with van der Waals surface area (Å²) in [6.45, 7) is 2.19. The minimum absolute atomic E-state index is 0.546. The molecule has 0 aliphatic rings. The van der Waals surface area contributed by atoms with Gasteiger partial charge >= 0.3 is 0 Å². The molecule has 0 radical (unpaired) electrons. The predicted molar refractivity (Wildman–Crippen MR) is 110 cm³/mol. The first-order valence-corrected chi connectivity index (χ1v) is 8.97. The summed E-state index contributed by atoms with van der Waals surface area (Å²) in [5.74, 6) is 1.36. The van der Waals surface area contributed by atoms with Crippen LogP contribution in [0.5, 0.6) is 0 Å². The minimum Gasteiger partial charge on any atom is -0.444 e. The summed E-state index contributed by atoms with van der Waals surface area (Å²) in [5.41, 5.74) is 2.99. The highest BCUT2D eigenvalue weighted by Gasteiger charge is 2.07. The van der Waals surface area contributed by atoms with Crippen molar-refractivity contribution in [1.29, 1.82) is 0 Å². The van der Waals surface area contributed by atoms with Gasteiger partial charge in [0.2, 0.25) is 5.89 Å². The molecule has 2 aromatic carbocycles. The lowest BCUT2D eigenvalue weighted by molar-refractivity contribution is 0.572. The van der Waals surface area contributed by atoms with Crippen LogP contribution < -0.4 is 15.5 Å². The van der Waals surface area contributed by atoms with Crippen molar-refractivity contribution >= 4 is 11.6 Å². The summed E-state index contributed by atoms with van der Waals surface area (Å²) in [5, 5.41) is 6.58. The fourth-order valence-electron chi connectivity index (χ4n) is 2.65. The highest BCUT2D eigenvalue weighted by atomic mass is 16.3. The van der Waals surface area contributed by atoms with Gasteiger partial charge in [0.1, 0.15) is 6.26 Å². The van der Waals surface area contributed by atoms with E-state index in [0.29, 0.717) is 12.4 Å². The number of aliphatic imine (C=N–C) groups is 1. The zero-order valence-electron chi connectivity index (χ0n) is 15.7. The summed E-state index contributed by atoms with van der Waals surface area (Å²) < 4.78 is 5.56. The van der Waals surface area contributed by atoms with Gasteiger partial charge in [-0.15, -0.1) is 0 Å². The van der Waals surface area contributed by atoms with Gasteiger partial charge in [-0.2, -0.15) is 0 Å². The van der Waals surface area contributed by atoms with Crippen molar-refractivity contribution in [3.63, 3.8) is 0 Å². The quantitative estimate of drug-likeness (QED) is 0.499. The van der Waals surface area contributed by atoms with Crippen LogP contribution in [-0.4, -0.2) is 38.1 Å². The third-order valence-corrected chi connectivity index (χ3v) is 4.17. The number of hydrogen-bond acceptors (Lipinski definition) is 4. The lowest BCUT2D eigenvalue weighted by atomic mass is 10.2. The highest BCUT2D eigenvalue weighted by Crippen LogP contribution is 2.17. The van der Waals surface area contributed by atoms with E-state index < -0.39 is 0 Å². The Labute approximate surface area is 160 Å². The fraction of sp³-hybridized carbons (Fsp3) is 0.238. The van der Waals surface area contributed by atoms with Crippen LogP contribution in [0.3, 0.4) is 0 Å². The number of benzene rings is 2. The van der Waals surface area contributed by atoms with Crippen LogP contribution in [-0.2, 0) is 6.54 Å². The van der Waals surface area contributed by atoms with Crippen molar-refractivity contribution in [3.8, 4) is 11.5 Å². The summed E-state index contributed by atoms with van der Waals surface area (Å²) in [6.07, 6.45) is 1.67. The number of aromatic nitrogens is 1. The van der Waals surface area contributed by atoms with Crippen molar-refractivity contribution in [3.05, 3.63) is 72.6 Å². The lowest BCUT2D eigenvalue weighted by Gasteiger charge is -2.20. The summed E-state index contributed by atoms with van der Waals surface area (Å²) >= 11 is 0. The van der Waals surface area contributed by atoms with Crippen LogP contribution >= 0.6 is 0 Å². The Balaban J connectivity index is 1.45. The molecule has 3 aromatic rings. The van der Waals surface area contributed by atoms with Crippen molar-refractivity contribution in [2.75, 3.05) is 32.1 Å². The Morgan fingerprint density at radius 2 is 1.74 bits per heavy atom. The molecular formula is C21H25N5O. The number of nitrogens with one attached hydrogen (secondary N) is 2. The fourth-order valence-corrected chi connectivity index (χ4v) is 2.65. The van der Waals surface area contributed by atoms with E-state index >= 15 is 0 Å². The van der Waals surface area contributed by atoms with E-state index in [-0.39, 0.29) is 0 Å². The Morgan fingerprint density at radius 3 is 2.44 bits per heavy atom. The van der Waals surface area contributed by atoms with E-state index in [9.17, 15) is 0 Å². The topological polar surface area (TPSA) is 65.7 Å². The van der Waals surface area contributed by atoms with Gasteiger partial charge in [0, 0.05) is 38.4 Å². The molecule has 0 unspecified atom stereocenters. The van der Waals surface area contributed by atoms with E-state index in [0.717, 1.165) is 30.3 Å². The van der Waals surface area contributed by atoms with Gasteiger partial charge in [-0.05, 0) is 24.3 Å². The Bertz CT molecular complexity index is 845. The molecule has 0 bridgehead atoms. The first-order valence-electron chi connectivity index (χ1n) is 8.97. The van der Waals surface area contributed by atoms with Gasteiger partial charge in [0.05, 0.1) is 12.2 Å². The largest absolute Gasteiger partial charge is 0.444 e. The van der Waals surface area contributed by atoms with Crippen molar-refractivity contribution in [2.45, 2.75) is 6.54 Å². The van der Waals surface area contributed by atoms with Crippen LogP contribution in [0.2, 0.25) is 0 Å². The number of para-hydroxylation sites is 1. The molecule has 0 aliphatic heterocycles. The molecule has 140 valence electrons. The van der Waals surface area contributed by atoms with Gasteiger partial charge in [-0.25, -0.2) is 4.98 Å². The molecule has 6 heteroatoms. The number of guanidine groups is 1. The van der Waals surface area contributed by atoms with Crippen LogP contribution in [0.4, 0.5) is 5.69 Å². The number of oxazole rings is 1. The maximum Gasteiger partial charge on any atom is 0.226 e. The third-order valence-electron chi connectivity index (χ3n) is 4.17. The maximum atomic E-state index is 5.56. The van der Waals surface area contributed by atoms with E-state index in [1.54, 1.807) is 13.3 Å². The van der Waals surface area contributed by atoms with Crippen LogP contribution in [0.1, 0.15) is 5.69 Å². The molecule has 0 aliphatic carbocycles. The number of nitrogens with zero attached hydrogens (tertiary/aromatic N) is 3. The lowest BCUT2D eigenvalue weighted by Crippen LogP contribution is -2.40. The van der Waals surface area contributed by atoms with Crippen LogP contribution in [0.15, 0.2) is 76.3 Å². The van der Waals surface area contributed by atoms with Crippen LogP contribution in [0, 0.1) is 0 Å². The van der Waals surface area contributed by atoms with E-state index in [1.165, 1.54) is 5.69 Å². The van der Waals surface area contributed by atoms with Crippen molar-refractivity contribution < 1.29 is 4.42 Å². The van der Waals surface area contributed by atoms with Gasteiger partial charge in [0.25, 0.3) is 0 Å². The monoisotopic (exact) mass is 363 g/mol. The third kappa shape index (κ3) is 5.34. The molecule has 27 heavy (non-hydrogen) atoms. The molecule has 1 heterocycles. The molecule has 0 saturated heterocycles. The standard InChI is InChI=1S/C21H25N5O/c1-22-21(23-13-14-26(2)19-11-7-4-8-12-19)24-15-18-16-27-20(25-18)17-9-5-3-6-10-17/h3-12,16H,13-15H2,1-2H3,(H2,22,23,24). The first kappa shape index (κ1) is 18.5. The molecule has 0 spiro atoms. The smallest absolute Gasteiger partial charge is 0.226 e. The second-order valence-electron chi connectivity index (χ2n) is 6.12. The molecule has 0 atom stereocenters. The minimum atomic E-state index is 0.546. The zero-order valence-corrected chi connectivity index (χ0v) is 15.7. The van der Waals surface area contributed by atoms with Crippen molar-refractivity contribution in [2.24, 2.45) is 4.99 Å². The average Bonchev–Trinajstić information content (AvgIpc) is 3.21. The summed E-state index contributed by atoms with van der Waals surface area (Å²) in [7, 11) is 3.84. The Hall–Kier alpha value is -3.28. The van der Waals surface area contributed by atoms with E-state index in [1.807, 2.05) is 48.5 Å². The molecule has 0 amide bonds. The second kappa shape index (κ2) is 9.43. The number of rotatable bonds is 7. The second-order valence-corrected chi connectivity index (χ2v) is 6.12. The predicted octanol–water partition coefficient (Wildman–Crippen LogP) is 3.14. The molecule has 0 saturated carbocycles. The molecule has 1 aromatic heterocycles. The first-order chi connectivity index (χ1) is 13.3. The van der Waals surface area contributed by atoms with Gasteiger partial charge < -0.3 is 20.0 Å². The van der Waals surface area contributed by atoms with E-state index in [2.05, 4.69) is 44.7 Å². The highest BCUT2D eigenvalue weighted by molar-refractivity contribution is 5.79. The maximum absolute atomic E-state index is 5.56. The van der Waals surface area contributed by atoms with Crippen molar-refractivity contribution in [1.82, 2.24) is 15.6 Å². The molecular weight excluding hydrogens is 338 g/mol. The van der Waals surface area contributed by atoms with Gasteiger partial charge in [-0.3, -0.25) is 4.99 Å². The molecule has 0 fully saturated rings. The molecule has 2 N–H and O–H groups in total. The molecule has 6 nitrogen and oxygen atoms in total. The van der Waals surface area contributed by atoms with Gasteiger partial charge in [-0.1, -0.05) is 36.4 Å². The summed E-state index contributed by atoms with van der Waals surface area (Å²) in [6, 6.07) is 20.2. The van der Waals surface area contributed by atoms with E-state index in [4.69, 9.17) is 4.42 Å². The van der Waals surface area contributed by atoms with Gasteiger partial charge in [0.15, 0.2) is 5.96 Å². The molecule has 3 rings (SSSR count). The Kier molecular flexibility index (Phi) is 6.46. The van der Waals surface area contributed by atoms with Crippen LogP contribution in [0.25, 0.3) is 11.5 Å². The normalized spacial score (nSPS) is 11.3. The summed E-state index contributed by atoms with van der Waals surface area (Å²) in [4.78, 5) is 11.0. The number of hydrogen-bond donors (Lipinski definition) is 2. The Morgan fingerprint density at radius 1 is 1.04 bits per heavy atom. The number of anilines is 1. The SMILES string of the molecule is CN=C(NCCN(C)c1ccccc1)NCc1coc(-c2ccccc2)n1. The zero-order chi connectivity index (χ0) is 18.9. The average molecular weight is 363 g/mol. The number of likely N-dealkylation sites (N-methyl/N-ethyl adjacent to an activating group) is 1.